The van der Waals surface area contributed by atoms with Gasteiger partial charge in [-0.15, -0.1) is 0 Å². The van der Waals surface area contributed by atoms with E-state index in [4.69, 9.17) is 9.26 Å². The van der Waals surface area contributed by atoms with Gasteiger partial charge in [-0.3, -0.25) is 14.1 Å². The number of ether oxygens (including phenoxy) is 1. The van der Waals surface area contributed by atoms with E-state index in [1.54, 1.807) is 12.1 Å². The molecular formula is C26H17F4N3O4S. The second-order valence-electron chi connectivity index (χ2n) is 8.07. The zero-order valence-corrected chi connectivity index (χ0v) is 20.3. The molecule has 38 heavy (non-hydrogen) atoms. The van der Waals surface area contributed by atoms with Gasteiger partial charge in [0.15, 0.2) is 16.8 Å². The molecule has 0 bridgehead atoms. The van der Waals surface area contributed by atoms with Crippen LogP contribution in [0.3, 0.4) is 0 Å². The Hall–Kier alpha value is -4.45. The number of nitrogens with one attached hydrogen (secondary N) is 1. The zero-order chi connectivity index (χ0) is 27.0. The van der Waals surface area contributed by atoms with Crippen molar-refractivity contribution in [2.75, 3.05) is 11.8 Å². The summed E-state index contributed by atoms with van der Waals surface area (Å²) in [4.78, 5) is 13.3. The molecule has 0 saturated carbocycles. The van der Waals surface area contributed by atoms with Gasteiger partial charge in [-0.1, -0.05) is 17.3 Å². The number of pyridine rings is 1. The van der Waals surface area contributed by atoms with Crippen LogP contribution in [-0.4, -0.2) is 21.0 Å². The van der Waals surface area contributed by atoms with Crippen molar-refractivity contribution in [1.82, 2.24) is 9.72 Å². The maximum absolute atomic E-state index is 15.3. The van der Waals surface area contributed by atoms with Crippen molar-refractivity contribution in [3.8, 4) is 22.6 Å². The molecule has 0 saturated heterocycles. The zero-order valence-electron chi connectivity index (χ0n) is 19.5. The fourth-order valence-corrected chi connectivity index (χ4v) is 4.81. The number of anilines is 1. The minimum absolute atomic E-state index is 0.000764. The fourth-order valence-electron chi connectivity index (χ4n) is 3.97. The lowest BCUT2D eigenvalue weighted by Crippen LogP contribution is -2.18. The van der Waals surface area contributed by atoms with Gasteiger partial charge in [0.25, 0.3) is 5.56 Å². The van der Waals surface area contributed by atoms with Crippen molar-refractivity contribution in [2.45, 2.75) is 11.1 Å². The summed E-state index contributed by atoms with van der Waals surface area (Å²) in [6.07, 6.45) is -3.27. The maximum Gasteiger partial charge on any atom is 0.416 e. The molecule has 0 aliphatic rings. The summed E-state index contributed by atoms with van der Waals surface area (Å²) >= 11 is 0. The molecular weight excluding hydrogens is 526 g/mol. The standard InChI is InChI=1S/C26H17F4N3O4S/c1-36-23-13-19(15-3-2-4-17(11-15)26(28,29)30)20(27)14-22(23)33-21-7-6-18(12-16(21)5-8-25(33)34)38(35)32-24-9-10-37-31-24/h2-14H,1H3,(H,31,32). The number of alkyl halides is 3. The number of rotatable bonds is 6. The average molecular weight is 543 g/mol. The lowest BCUT2D eigenvalue weighted by Gasteiger charge is -2.17. The first-order chi connectivity index (χ1) is 18.2. The van der Waals surface area contributed by atoms with Gasteiger partial charge in [-0.25, -0.2) is 8.60 Å². The average Bonchev–Trinajstić information content (AvgIpc) is 3.41. The van der Waals surface area contributed by atoms with Crippen LogP contribution >= 0.6 is 0 Å². The van der Waals surface area contributed by atoms with Crippen LogP contribution in [0.15, 0.2) is 93.3 Å². The summed E-state index contributed by atoms with van der Waals surface area (Å²) in [7, 11) is -0.387. The van der Waals surface area contributed by atoms with Crippen molar-refractivity contribution in [2.24, 2.45) is 0 Å². The van der Waals surface area contributed by atoms with Gasteiger partial charge in [0.1, 0.15) is 17.8 Å². The number of nitrogens with zero attached hydrogens (tertiary/aromatic N) is 2. The van der Waals surface area contributed by atoms with Crippen LogP contribution in [0.1, 0.15) is 5.56 Å². The van der Waals surface area contributed by atoms with E-state index in [2.05, 4.69) is 9.88 Å². The number of halogens is 4. The molecule has 2 aromatic heterocycles. The Balaban J connectivity index is 1.60. The summed E-state index contributed by atoms with van der Waals surface area (Å²) in [5, 5.41) is 4.17. The molecule has 0 amide bonds. The summed E-state index contributed by atoms with van der Waals surface area (Å²) in [5.74, 6) is -0.512. The third-order valence-corrected chi connectivity index (χ3v) is 6.80. The Bertz CT molecular complexity index is 1730. The van der Waals surface area contributed by atoms with E-state index >= 15 is 4.39 Å². The van der Waals surface area contributed by atoms with Crippen LogP contribution in [-0.2, 0) is 17.2 Å². The summed E-state index contributed by atoms with van der Waals surface area (Å²) < 4.78 is 81.6. The Morgan fingerprint density at radius 2 is 1.84 bits per heavy atom. The Kier molecular flexibility index (Phi) is 6.49. The lowest BCUT2D eigenvalue weighted by molar-refractivity contribution is -0.137. The van der Waals surface area contributed by atoms with Crippen LogP contribution in [0.25, 0.3) is 27.7 Å². The molecule has 0 aliphatic carbocycles. The lowest BCUT2D eigenvalue weighted by atomic mass is 10.0. The maximum atomic E-state index is 15.3. The third kappa shape index (κ3) is 4.77. The van der Waals surface area contributed by atoms with Gasteiger partial charge in [0, 0.05) is 29.1 Å². The highest BCUT2D eigenvalue weighted by Crippen LogP contribution is 2.36. The molecule has 5 aromatic rings. The van der Waals surface area contributed by atoms with Crippen LogP contribution in [0.4, 0.5) is 23.4 Å². The number of aromatic nitrogens is 2. The molecule has 1 N–H and O–H groups in total. The van der Waals surface area contributed by atoms with E-state index in [-0.39, 0.29) is 28.4 Å². The third-order valence-electron chi connectivity index (χ3n) is 5.73. The molecule has 194 valence electrons. The predicted molar refractivity (Wildman–Crippen MR) is 133 cm³/mol. The first kappa shape index (κ1) is 25.2. The molecule has 0 spiro atoms. The number of fused-ring (bicyclic) bond motifs is 1. The predicted octanol–water partition coefficient (Wildman–Crippen LogP) is 5.95. The molecule has 0 fully saturated rings. The normalized spacial score (nSPS) is 12.4. The molecule has 12 heteroatoms. The van der Waals surface area contributed by atoms with Crippen LogP contribution in [0, 0.1) is 5.82 Å². The minimum Gasteiger partial charge on any atom is -0.495 e. The van der Waals surface area contributed by atoms with Gasteiger partial charge in [-0.05, 0) is 48.0 Å². The minimum atomic E-state index is -4.60. The number of benzene rings is 3. The molecule has 1 atom stereocenters. The van der Waals surface area contributed by atoms with Gasteiger partial charge in [0.2, 0.25) is 0 Å². The van der Waals surface area contributed by atoms with Gasteiger partial charge in [0.05, 0.1) is 28.8 Å². The van der Waals surface area contributed by atoms with E-state index in [0.717, 1.165) is 18.2 Å². The van der Waals surface area contributed by atoms with E-state index in [9.17, 15) is 22.2 Å². The van der Waals surface area contributed by atoms with Crippen molar-refractivity contribution in [1.29, 1.82) is 0 Å². The largest absolute Gasteiger partial charge is 0.495 e. The van der Waals surface area contributed by atoms with Crippen LogP contribution in [0.5, 0.6) is 5.75 Å². The monoisotopic (exact) mass is 543 g/mol. The number of methoxy groups -OCH3 is 1. The second-order valence-corrected chi connectivity index (χ2v) is 9.28. The Morgan fingerprint density at radius 3 is 2.55 bits per heavy atom. The molecule has 7 nitrogen and oxygen atoms in total. The highest BCUT2D eigenvalue weighted by atomic mass is 32.2. The van der Waals surface area contributed by atoms with E-state index in [0.29, 0.717) is 15.8 Å². The van der Waals surface area contributed by atoms with Crippen molar-refractivity contribution in [3.05, 3.63) is 101 Å². The first-order valence-corrected chi connectivity index (χ1v) is 12.1. The quantitative estimate of drug-likeness (QED) is 0.268. The molecule has 0 radical (unpaired) electrons. The summed E-state index contributed by atoms with van der Waals surface area (Å²) in [5.41, 5.74) is -1.14. The fraction of sp³-hybridized carbons (Fsp3) is 0.0769. The van der Waals surface area contributed by atoms with Crippen LogP contribution in [0.2, 0.25) is 0 Å². The SMILES string of the molecule is COc1cc(-c2cccc(C(F)(F)F)c2)c(F)cc1-n1c(=O)ccc2cc(S(=O)Nc3ccon3)ccc21. The van der Waals surface area contributed by atoms with E-state index in [1.807, 2.05) is 0 Å². The number of hydrogen-bond acceptors (Lipinski definition) is 5. The molecule has 2 heterocycles. The molecule has 1 unspecified atom stereocenters. The van der Waals surface area contributed by atoms with Crippen molar-refractivity contribution < 1.29 is 31.0 Å². The highest BCUT2D eigenvalue weighted by Gasteiger charge is 2.30. The highest BCUT2D eigenvalue weighted by molar-refractivity contribution is 7.86. The van der Waals surface area contributed by atoms with Gasteiger partial charge in [-0.2, -0.15) is 13.2 Å². The first-order valence-electron chi connectivity index (χ1n) is 11.0. The molecule has 0 aliphatic heterocycles. The number of hydrogen-bond donors (Lipinski definition) is 1. The Labute approximate surface area is 214 Å². The van der Waals surface area contributed by atoms with E-state index in [1.165, 1.54) is 60.4 Å². The Morgan fingerprint density at radius 1 is 1.03 bits per heavy atom. The van der Waals surface area contributed by atoms with Gasteiger partial charge < -0.3 is 9.26 Å². The molecule has 5 rings (SSSR count). The molecule has 3 aromatic carbocycles. The smallest absolute Gasteiger partial charge is 0.416 e. The van der Waals surface area contributed by atoms with Crippen molar-refractivity contribution in [3.63, 3.8) is 0 Å². The van der Waals surface area contributed by atoms with Crippen LogP contribution < -0.4 is 15.0 Å². The van der Waals surface area contributed by atoms with E-state index < -0.39 is 34.1 Å². The topological polar surface area (TPSA) is 86.4 Å². The van der Waals surface area contributed by atoms with Crippen molar-refractivity contribution >= 4 is 27.7 Å². The summed E-state index contributed by atoms with van der Waals surface area (Å²) in [6.45, 7) is 0. The van der Waals surface area contributed by atoms with Gasteiger partial charge >= 0.3 is 6.18 Å². The summed E-state index contributed by atoms with van der Waals surface area (Å²) in [6, 6.07) is 15.5. The second kappa shape index (κ2) is 9.78.